The summed E-state index contributed by atoms with van der Waals surface area (Å²) < 4.78 is 45.9. The third-order valence-corrected chi connectivity index (χ3v) is 3.46. The van der Waals surface area contributed by atoms with Crippen LogP contribution in [-0.4, -0.2) is 17.3 Å². The van der Waals surface area contributed by atoms with Crippen LogP contribution in [0.1, 0.15) is 5.56 Å². The highest BCUT2D eigenvalue weighted by atomic mass is 19.4. The van der Waals surface area contributed by atoms with E-state index < -0.39 is 11.7 Å². The van der Waals surface area contributed by atoms with Crippen LogP contribution in [0.4, 0.5) is 13.2 Å². The highest BCUT2D eigenvalue weighted by molar-refractivity contribution is 5.75. The van der Waals surface area contributed by atoms with Crippen LogP contribution in [0.5, 0.6) is 5.75 Å². The number of ether oxygens (including phenoxy) is 1. The van der Waals surface area contributed by atoms with Crippen LogP contribution in [0.25, 0.3) is 22.5 Å². The molecular formula is C17H13F3N2O. The number of methoxy groups -OCH3 is 1. The molecule has 0 radical (unpaired) electrons. The predicted octanol–water partition coefficient (Wildman–Crippen LogP) is 4.77. The summed E-state index contributed by atoms with van der Waals surface area (Å²) in [5.74, 6) is 0.472. The van der Waals surface area contributed by atoms with Gasteiger partial charge in [0.05, 0.1) is 12.8 Å². The van der Waals surface area contributed by atoms with E-state index in [1.807, 2.05) is 0 Å². The number of nitrogens with zero attached hydrogens (tertiary/aromatic N) is 1. The molecule has 0 spiro atoms. The molecule has 0 bridgehead atoms. The normalized spacial score (nSPS) is 11.5. The van der Waals surface area contributed by atoms with Crippen LogP contribution >= 0.6 is 0 Å². The molecule has 0 saturated heterocycles. The van der Waals surface area contributed by atoms with Gasteiger partial charge >= 0.3 is 6.18 Å². The van der Waals surface area contributed by atoms with Crippen molar-refractivity contribution in [3.8, 4) is 28.3 Å². The Labute approximate surface area is 130 Å². The summed E-state index contributed by atoms with van der Waals surface area (Å²) in [4.78, 5) is 0. The van der Waals surface area contributed by atoms with E-state index in [-0.39, 0.29) is 11.4 Å². The molecule has 0 unspecified atom stereocenters. The third-order valence-electron chi connectivity index (χ3n) is 3.46. The summed E-state index contributed by atoms with van der Waals surface area (Å²) in [7, 11) is 1.46. The molecule has 0 fully saturated rings. The second kappa shape index (κ2) is 5.79. The zero-order chi connectivity index (χ0) is 16.4. The molecular weight excluding hydrogens is 305 g/mol. The van der Waals surface area contributed by atoms with Crippen LogP contribution in [-0.2, 0) is 6.18 Å². The number of rotatable bonds is 3. The number of hydrogen-bond acceptors (Lipinski definition) is 2. The van der Waals surface area contributed by atoms with Gasteiger partial charge in [-0.2, -0.15) is 18.3 Å². The number of aromatic nitrogens is 2. The maximum absolute atomic E-state index is 13.6. The van der Waals surface area contributed by atoms with Crippen molar-refractivity contribution in [2.75, 3.05) is 7.11 Å². The van der Waals surface area contributed by atoms with Gasteiger partial charge in [-0.3, -0.25) is 5.10 Å². The quantitative estimate of drug-likeness (QED) is 0.755. The molecule has 23 heavy (non-hydrogen) atoms. The smallest absolute Gasteiger partial charge is 0.420 e. The van der Waals surface area contributed by atoms with Gasteiger partial charge in [-0.05, 0) is 12.1 Å². The van der Waals surface area contributed by atoms with E-state index in [1.165, 1.54) is 13.2 Å². The molecule has 0 amide bonds. The largest absolute Gasteiger partial charge is 0.497 e. The van der Waals surface area contributed by atoms with E-state index in [0.29, 0.717) is 16.9 Å². The monoisotopic (exact) mass is 318 g/mol. The highest BCUT2D eigenvalue weighted by Crippen LogP contribution is 2.42. The van der Waals surface area contributed by atoms with Crippen LogP contribution in [0.15, 0.2) is 54.6 Å². The van der Waals surface area contributed by atoms with Gasteiger partial charge in [0.25, 0.3) is 0 Å². The van der Waals surface area contributed by atoms with Gasteiger partial charge < -0.3 is 4.74 Å². The average Bonchev–Trinajstić information content (AvgIpc) is 3.01. The van der Waals surface area contributed by atoms with Gasteiger partial charge in [0, 0.05) is 11.1 Å². The van der Waals surface area contributed by atoms with Crippen molar-refractivity contribution >= 4 is 0 Å². The van der Waals surface area contributed by atoms with Gasteiger partial charge in [-0.25, -0.2) is 0 Å². The van der Waals surface area contributed by atoms with Crippen LogP contribution < -0.4 is 4.74 Å². The Kier molecular flexibility index (Phi) is 3.82. The summed E-state index contributed by atoms with van der Waals surface area (Å²) in [5.41, 5.74) is -0.195. The van der Waals surface area contributed by atoms with Gasteiger partial charge in [-0.15, -0.1) is 0 Å². The van der Waals surface area contributed by atoms with Crippen molar-refractivity contribution in [3.05, 3.63) is 60.2 Å². The summed E-state index contributed by atoms with van der Waals surface area (Å²) >= 11 is 0. The molecule has 6 heteroatoms. The fourth-order valence-electron chi connectivity index (χ4n) is 2.41. The first-order valence-corrected chi connectivity index (χ1v) is 6.86. The van der Waals surface area contributed by atoms with Gasteiger partial charge in [0.2, 0.25) is 0 Å². The van der Waals surface area contributed by atoms with Gasteiger partial charge in [0.1, 0.15) is 17.0 Å². The first kappa shape index (κ1) is 15.1. The zero-order valence-corrected chi connectivity index (χ0v) is 12.2. The molecule has 3 rings (SSSR count). The minimum absolute atomic E-state index is 0.0454. The molecule has 0 aliphatic heterocycles. The lowest BCUT2D eigenvalue weighted by Gasteiger charge is -2.10. The average molecular weight is 318 g/mol. The SMILES string of the molecule is COc1cccc(-c2n[nH]c(-c3ccccc3)c2C(F)(F)F)c1. The molecule has 1 N–H and O–H groups in total. The molecule has 118 valence electrons. The molecule has 1 aromatic heterocycles. The number of H-pyrrole nitrogens is 1. The molecule has 2 aromatic carbocycles. The van der Waals surface area contributed by atoms with E-state index in [0.717, 1.165) is 0 Å². The van der Waals surface area contributed by atoms with Crippen LogP contribution in [0.2, 0.25) is 0 Å². The van der Waals surface area contributed by atoms with Crippen LogP contribution in [0.3, 0.4) is 0 Å². The molecule has 1 heterocycles. The summed E-state index contributed by atoms with van der Waals surface area (Å²) in [6.45, 7) is 0. The second-order valence-electron chi connectivity index (χ2n) is 4.92. The minimum Gasteiger partial charge on any atom is -0.497 e. The zero-order valence-electron chi connectivity index (χ0n) is 12.2. The summed E-state index contributed by atoms with van der Waals surface area (Å²) in [6, 6.07) is 14.7. The Morgan fingerprint density at radius 2 is 1.65 bits per heavy atom. The highest BCUT2D eigenvalue weighted by Gasteiger charge is 2.39. The van der Waals surface area contributed by atoms with Crippen LogP contribution in [0, 0.1) is 0 Å². The fraction of sp³-hybridized carbons (Fsp3) is 0.118. The number of halogens is 3. The van der Waals surface area contributed by atoms with E-state index >= 15 is 0 Å². The topological polar surface area (TPSA) is 37.9 Å². The molecule has 0 aliphatic carbocycles. The molecule has 0 aliphatic rings. The lowest BCUT2D eigenvalue weighted by molar-refractivity contribution is -0.136. The first-order chi connectivity index (χ1) is 11.0. The molecule has 0 atom stereocenters. The van der Waals surface area contributed by atoms with E-state index in [2.05, 4.69) is 10.2 Å². The lowest BCUT2D eigenvalue weighted by atomic mass is 10.0. The summed E-state index contributed by atoms with van der Waals surface area (Å²) in [5, 5.41) is 6.43. The van der Waals surface area contributed by atoms with E-state index in [1.54, 1.807) is 48.5 Å². The standard InChI is InChI=1S/C17H13F3N2O/c1-23-13-9-5-8-12(10-13)16-14(17(18,19)20)15(21-22-16)11-6-3-2-4-7-11/h2-10H,1H3,(H,21,22). The Balaban J connectivity index is 2.20. The van der Waals surface area contributed by atoms with Crippen molar-refractivity contribution in [2.45, 2.75) is 6.18 Å². The lowest BCUT2D eigenvalue weighted by Crippen LogP contribution is -2.07. The Morgan fingerprint density at radius 3 is 2.30 bits per heavy atom. The number of aromatic amines is 1. The maximum Gasteiger partial charge on any atom is 0.420 e. The van der Waals surface area contributed by atoms with Crippen molar-refractivity contribution < 1.29 is 17.9 Å². The second-order valence-corrected chi connectivity index (χ2v) is 4.92. The third kappa shape index (κ3) is 2.92. The minimum atomic E-state index is -4.53. The van der Waals surface area contributed by atoms with Crippen molar-refractivity contribution in [2.24, 2.45) is 0 Å². The Hall–Kier alpha value is -2.76. The van der Waals surface area contributed by atoms with Crippen molar-refractivity contribution in [3.63, 3.8) is 0 Å². The number of hydrogen-bond donors (Lipinski definition) is 1. The van der Waals surface area contributed by atoms with Crippen molar-refractivity contribution in [1.82, 2.24) is 10.2 Å². The molecule has 3 nitrogen and oxygen atoms in total. The van der Waals surface area contributed by atoms with Gasteiger partial charge in [0.15, 0.2) is 0 Å². The Morgan fingerprint density at radius 1 is 0.957 bits per heavy atom. The van der Waals surface area contributed by atoms with Crippen molar-refractivity contribution in [1.29, 1.82) is 0 Å². The predicted molar refractivity (Wildman–Crippen MR) is 81.0 cm³/mol. The number of alkyl halides is 3. The van der Waals surface area contributed by atoms with E-state index in [4.69, 9.17) is 4.74 Å². The maximum atomic E-state index is 13.6. The van der Waals surface area contributed by atoms with Gasteiger partial charge in [-0.1, -0.05) is 42.5 Å². The van der Waals surface area contributed by atoms with E-state index in [9.17, 15) is 13.2 Å². The molecule has 0 saturated carbocycles. The fourth-order valence-corrected chi connectivity index (χ4v) is 2.41. The Bertz CT molecular complexity index is 810. The number of benzene rings is 2. The summed E-state index contributed by atoms with van der Waals surface area (Å²) in [6.07, 6.45) is -4.53. The first-order valence-electron chi connectivity index (χ1n) is 6.86. The number of nitrogens with one attached hydrogen (secondary N) is 1. The molecule has 3 aromatic rings.